The van der Waals surface area contributed by atoms with Gasteiger partial charge in [-0.1, -0.05) is 50.5 Å². The molecular formula is C20H33N2O7. The molecule has 0 fully saturated rings. The molecule has 0 spiro atoms. The van der Waals surface area contributed by atoms with E-state index in [1.807, 2.05) is 6.29 Å². The zero-order chi connectivity index (χ0) is 22.1. The first-order valence-corrected chi connectivity index (χ1v) is 10.1. The first-order valence-electron chi connectivity index (χ1n) is 10.1. The van der Waals surface area contributed by atoms with Crippen molar-refractivity contribution in [2.75, 3.05) is 0 Å². The van der Waals surface area contributed by atoms with Crippen molar-refractivity contribution in [3.63, 3.8) is 0 Å². The molecule has 9 heteroatoms. The molecule has 165 valence electrons. The molecule has 0 heterocycles. The molecule has 0 saturated heterocycles. The summed E-state index contributed by atoms with van der Waals surface area (Å²) in [7, 11) is 0. The highest BCUT2D eigenvalue weighted by Gasteiger charge is 2.28. The average molecular weight is 413 g/mol. The van der Waals surface area contributed by atoms with Crippen molar-refractivity contribution in [2.24, 2.45) is 0 Å². The van der Waals surface area contributed by atoms with Crippen molar-refractivity contribution in [3.8, 4) is 0 Å². The largest absolute Gasteiger partial charge is 0.386 e. The van der Waals surface area contributed by atoms with Gasteiger partial charge in [-0.3, -0.25) is 25.0 Å². The monoisotopic (exact) mass is 413 g/mol. The number of nitrogens with zero attached hydrogens (tertiary/aromatic N) is 2. The van der Waals surface area contributed by atoms with Crippen LogP contribution in [0, 0.1) is 20.2 Å². The molecule has 4 atom stereocenters. The molecule has 0 saturated carbocycles. The molecule has 0 bridgehead atoms. The highest BCUT2D eigenvalue weighted by Crippen LogP contribution is 2.14. The van der Waals surface area contributed by atoms with Gasteiger partial charge < -0.3 is 10.2 Å². The van der Waals surface area contributed by atoms with Crippen molar-refractivity contribution in [1.82, 2.24) is 0 Å². The Balaban J connectivity index is 4.21. The third kappa shape index (κ3) is 12.8. The van der Waals surface area contributed by atoms with Crippen LogP contribution in [0.25, 0.3) is 0 Å². The van der Waals surface area contributed by atoms with E-state index in [9.17, 15) is 35.2 Å². The van der Waals surface area contributed by atoms with Gasteiger partial charge in [-0.05, 0) is 25.7 Å². The molecule has 29 heavy (non-hydrogen) atoms. The van der Waals surface area contributed by atoms with E-state index in [1.54, 1.807) is 31.2 Å². The molecule has 4 unspecified atom stereocenters. The van der Waals surface area contributed by atoms with Crippen LogP contribution in [0.3, 0.4) is 0 Å². The van der Waals surface area contributed by atoms with Crippen LogP contribution in [0.1, 0.15) is 71.1 Å². The number of unbranched alkanes of at least 4 members (excludes halogenated alkanes) is 4. The van der Waals surface area contributed by atoms with Crippen LogP contribution in [-0.4, -0.2) is 50.6 Å². The van der Waals surface area contributed by atoms with Gasteiger partial charge >= 0.3 is 0 Å². The Hall–Kier alpha value is -2.13. The zero-order valence-corrected chi connectivity index (χ0v) is 17.0. The summed E-state index contributed by atoms with van der Waals surface area (Å²) in [4.78, 5) is 31.1. The fourth-order valence-electron chi connectivity index (χ4n) is 2.94. The number of hydrogen-bond acceptors (Lipinski definition) is 7. The van der Waals surface area contributed by atoms with Crippen molar-refractivity contribution in [2.45, 2.75) is 95.4 Å². The Bertz CT molecular complexity index is 537. The van der Waals surface area contributed by atoms with Crippen LogP contribution >= 0.6 is 0 Å². The summed E-state index contributed by atoms with van der Waals surface area (Å²) >= 11 is 0. The number of aliphatic hydroxyl groups is 2. The number of allylic oxidation sites excluding steroid dienone is 2. The lowest BCUT2D eigenvalue weighted by atomic mass is 10.0. The molecule has 0 aromatic carbocycles. The predicted molar refractivity (Wildman–Crippen MR) is 109 cm³/mol. The van der Waals surface area contributed by atoms with E-state index < -0.39 is 34.1 Å². The Morgan fingerprint density at radius 3 is 2.00 bits per heavy atom. The number of nitro groups is 2. The minimum Gasteiger partial charge on any atom is -0.386 e. The van der Waals surface area contributed by atoms with Crippen molar-refractivity contribution < 1.29 is 24.9 Å². The zero-order valence-electron chi connectivity index (χ0n) is 17.0. The fourth-order valence-corrected chi connectivity index (χ4v) is 2.94. The van der Waals surface area contributed by atoms with Gasteiger partial charge in [-0.25, -0.2) is 0 Å². The summed E-state index contributed by atoms with van der Waals surface area (Å²) < 4.78 is 0. The second kappa shape index (κ2) is 16.8. The lowest BCUT2D eigenvalue weighted by Crippen LogP contribution is -2.33. The van der Waals surface area contributed by atoms with Gasteiger partial charge in [0.05, 0.1) is 0 Å². The van der Waals surface area contributed by atoms with Crippen molar-refractivity contribution >= 4 is 6.29 Å². The molecular weight excluding hydrogens is 380 g/mol. The van der Waals surface area contributed by atoms with E-state index >= 15 is 0 Å². The van der Waals surface area contributed by atoms with E-state index in [-0.39, 0.29) is 19.3 Å². The number of rotatable bonds is 18. The van der Waals surface area contributed by atoms with Crippen LogP contribution in [0.2, 0.25) is 0 Å². The van der Waals surface area contributed by atoms with E-state index in [4.69, 9.17) is 0 Å². The third-order valence-electron chi connectivity index (χ3n) is 4.74. The second-order valence-electron chi connectivity index (χ2n) is 7.00. The maximum Gasteiger partial charge on any atom is 0.241 e. The minimum atomic E-state index is -1.06. The van der Waals surface area contributed by atoms with Gasteiger partial charge in [0.15, 0.2) is 6.29 Å². The number of carbonyl (C=O) groups excluding carboxylic acids is 1. The highest BCUT2D eigenvalue weighted by molar-refractivity contribution is 5.50. The van der Waals surface area contributed by atoms with Gasteiger partial charge in [0, 0.05) is 29.1 Å². The van der Waals surface area contributed by atoms with E-state index in [1.165, 1.54) is 0 Å². The molecule has 0 aliphatic carbocycles. The van der Waals surface area contributed by atoms with Crippen molar-refractivity contribution in [1.29, 1.82) is 0 Å². The Morgan fingerprint density at radius 1 is 0.862 bits per heavy atom. The fraction of sp³-hybridized carbons (Fsp3) is 0.750. The van der Waals surface area contributed by atoms with Gasteiger partial charge in [0.1, 0.15) is 12.2 Å². The summed E-state index contributed by atoms with van der Waals surface area (Å²) in [6.45, 7) is 1.65. The molecule has 0 aromatic rings. The predicted octanol–water partition coefficient (Wildman–Crippen LogP) is 3.14. The summed E-state index contributed by atoms with van der Waals surface area (Å²) in [6.07, 6.45) is 11.4. The quantitative estimate of drug-likeness (QED) is 0.152. The molecule has 2 N–H and O–H groups in total. The normalized spacial score (nSPS) is 16.0. The first kappa shape index (κ1) is 26.9. The Morgan fingerprint density at radius 2 is 1.45 bits per heavy atom. The van der Waals surface area contributed by atoms with Gasteiger partial charge in [-0.15, -0.1) is 0 Å². The Labute approximate surface area is 171 Å². The van der Waals surface area contributed by atoms with E-state index in [0.717, 1.165) is 19.3 Å². The van der Waals surface area contributed by atoms with E-state index in [2.05, 4.69) is 0 Å². The molecule has 0 rings (SSSR count). The maximum absolute atomic E-state index is 11.2. The minimum absolute atomic E-state index is 0.115. The van der Waals surface area contributed by atoms with E-state index in [0.29, 0.717) is 25.7 Å². The molecule has 0 aliphatic rings. The van der Waals surface area contributed by atoms with Crippen LogP contribution in [0.5, 0.6) is 0 Å². The third-order valence-corrected chi connectivity index (χ3v) is 4.74. The number of hydrogen-bond donors (Lipinski definition) is 2. The van der Waals surface area contributed by atoms with Gasteiger partial charge in [0.25, 0.3) is 0 Å². The summed E-state index contributed by atoms with van der Waals surface area (Å²) in [5, 5.41) is 41.8. The summed E-state index contributed by atoms with van der Waals surface area (Å²) in [5.74, 6) is 0. The molecule has 0 aromatic heterocycles. The lowest BCUT2D eigenvalue weighted by Gasteiger charge is -2.14. The SMILES string of the molecule is CCC(C(O)C/C=C\C/C=C\CC(C(O)CCCCCC[C]=O)[N+](=O)[O-])[N+](=O)[O-]. The molecule has 9 nitrogen and oxygen atoms in total. The van der Waals surface area contributed by atoms with Crippen LogP contribution < -0.4 is 0 Å². The molecule has 0 amide bonds. The first-order chi connectivity index (χ1) is 13.8. The van der Waals surface area contributed by atoms with Gasteiger partial charge in [0.2, 0.25) is 12.1 Å². The molecule has 0 aliphatic heterocycles. The molecule has 1 radical (unpaired) electrons. The highest BCUT2D eigenvalue weighted by atomic mass is 16.6. The average Bonchev–Trinajstić information content (AvgIpc) is 2.66. The van der Waals surface area contributed by atoms with Crippen LogP contribution in [-0.2, 0) is 4.79 Å². The standard InChI is InChI=1S/C20H33N2O7/c1-2-17(21(26)27)19(24)14-10-6-3-5-9-13-18(22(28)29)20(25)15-11-7-4-8-12-16-23/h5-6,9-10,17-20,24-25H,2-4,7-8,11-15H2,1H3/b9-5-,10-6-. The topological polar surface area (TPSA) is 144 Å². The summed E-state index contributed by atoms with van der Waals surface area (Å²) in [5.41, 5.74) is 0. The second-order valence-corrected chi connectivity index (χ2v) is 7.00. The Kier molecular flexibility index (Phi) is 15.6. The number of aliphatic hydroxyl groups excluding tert-OH is 2. The smallest absolute Gasteiger partial charge is 0.241 e. The van der Waals surface area contributed by atoms with Crippen LogP contribution in [0.4, 0.5) is 0 Å². The van der Waals surface area contributed by atoms with Crippen molar-refractivity contribution in [3.05, 3.63) is 44.5 Å². The van der Waals surface area contributed by atoms with Crippen LogP contribution in [0.15, 0.2) is 24.3 Å². The lowest BCUT2D eigenvalue weighted by molar-refractivity contribution is -0.534. The summed E-state index contributed by atoms with van der Waals surface area (Å²) in [6, 6.07) is -2.05. The van der Waals surface area contributed by atoms with Gasteiger partial charge in [-0.2, -0.15) is 0 Å². The maximum atomic E-state index is 11.2.